The number of nitrogens with one attached hydrogen (secondary N) is 2. The smallest absolute Gasteiger partial charge is 0.0226 e. The zero-order valence-corrected chi connectivity index (χ0v) is 7.60. The number of rotatable bonds is 4. The molecule has 1 heterocycles. The van der Waals surface area contributed by atoms with Crippen LogP contribution in [0.5, 0.6) is 0 Å². The van der Waals surface area contributed by atoms with E-state index >= 15 is 0 Å². The molecular formula is C10H18N2. The maximum Gasteiger partial charge on any atom is 0.0226 e. The van der Waals surface area contributed by atoms with Crippen LogP contribution >= 0.6 is 0 Å². The SMILES string of the molecule is C=CCNC1([C@@H]2CCNC2)CC1. The summed E-state index contributed by atoms with van der Waals surface area (Å²) >= 11 is 0. The molecule has 0 aromatic carbocycles. The second-order valence-corrected chi connectivity index (χ2v) is 4.02. The Hall–Kier alpha value is -0.340. The Bertz CT molecular complexity index is 167. The van der Waals surface area contributed by atoms with Gasteiger partial charge >= 0.3 is 0 Å². The monoisotopic (exact) mass is 166 g/mol. The van der Waals surface area contributed by atoms with Crippen molar-refractivity contribution in [2.45, 2.75) is 24.8 Å². The zero-order valence-electron chi connectivity index (χ0n) is 7.60. The van der Waals surface area contributed by atoms with Crippen LogP contribution in [0.4, 0.5) is 0 Å². The first-order chi connectivity index (χ1) is 5.87. The van der Waals surface area contributed by atoms with Crippen LogP contribution in [0.2, 0.25) is 0 Å². The average molecular weight is 166 g/mol. The van der Waals surface area contributed by atoms with Gasteiger partial charge in [0.25, 0.3) is 0 Å². The highest BCUT2D eigenvalue weighted by Gasteiger charge is 2.48. The Kier molecular flexibility index (Phi) is 2.20. The lowest BCUT2D eigenvalue weighted by Crippen LogP contribution is -2.39. The average Bonchev–Trinajstić information content (AvgIpc) is 2.66. The fraction of sp³-hybridized carbons (Fsp3) is 0.800. The molecule has 2 nitrogen and oxygen atoms in total. The first-order valence-corrected chi connectivity index (χ1v) is 4.94. The van der Waals surface area contributed by atoms with Crippen molar-refractivity contribution in [3.05, 3.63) is 12.7 Å². The van der Waals surface area contributed by atoms with Crippen molar-refractivity contribution in [2.24, 2.45) is 5.92 Å². The fourth-order valence-corrected chi connectivity index (χ4v) is 2.27. The first kappa shape index (κ1) is 8.27. The van der Waals surface area contributed by atoms with Crippen LogP contribution in [0.3, 0.4) is 0 Å². The molecule has 2 rings (SSSR count). The van der Waals surface area contributed by atoms with E-state index in [0.717, 1.165) is 12.5 Å². The molecule has 2 heteroatoms. The summed E-state index contributed by atoms with van der Waals surface area (Å²) in [5.41, 5.74) is 0.498. The van der Waals surface area contributed by atoms with E-state index in [1.807, 2.05) is 6.08 Å². The molecule has 0 amide bonds. The second-order valence-electron chi connectivity index (χ2n) is 4.02. The quantitative estimate of drug-likeness (QED) is 0.606. The van der Waals surface area contributed by atoms with Crippen LogP contribution in [-0.2, 0) is 0 Å². The molecule has 2 fully saturated rings. The topological polar surface area (TPSA) is 24.1 Å². The van der Waals surface area contributed by atoms with Gasteiger partial charge in [-0.2, -0.15) is 0 Å². The van der Waals surface area contributed by atoms with Crippen molar-refractivity contribution in [1.29, 1.82) is 0 Å². The second kappa shape index (κ2) is 3.19. The van der Waals surface area contributed by atoms with Crippen molar-refractivity contribution < 1.29 is 0 Å². The van der Waals surface area contributed by atoms with E-state index in [0.29, 0.717) is 5.54 Å². The standard InChI is InChI=1S/C10H18N2/c1-2-6-12-10(4-5-10)9-3-7-11-8-9/h2,9,11-12H,1,3-8H2/t9-/m1/s1. The summed E-state index contributed by atoms with van der Waals surface area (Å²) in [7, 11) is 0. The van der Waals surface area contributed by atoms with E-state index in [2.05, 4.69) is 17.2 Å². The molecule has 2 N–H and O–H groups in total. The highest BCUT2D eigenvalue weighted by molar-refractivity contribution is 5.09. The maximum absolute atomic E-state index is 3.74. The minimum Gasteiger partial charge on any atom is -0.316 e. The van der Waals surface area contributed by atoms with E-state index in [1.165, 1.54) is 32.4 Å². The Balaban J connectivity index is 1.87. The summed E-state index contributed by atoms with van der Waals surface area (Å²) in [5, 5.41) is 7.03. The van der Waals surface area contributed by atoms with Crippen molar-refractivity contribution in [1.82, 2.24) is 10.6 Å². The maximum atomic E-state index is 3.74. The van der Waals surface area contributed by atoms with Gasteiger partial charge < -0.3 is 10.6 Å². The van der Waals surface area contributed by atoms with Crippen LogP contribution in [0.25, 0.3) is 0 Å². The van der Waals surface area contributed by atoms with Gasteiger partial charge in [-0.1, -0.05) is 6.08 Å². The van der Waals surface area contributed by atoms with Gasteiger partial charge in [-0.15, -0.1) is 6.58 Å². The Morgan fingerprint density at radius 3 is 2.92 bits per heavy atom. The highest BCUT2D eigenvalue weighted by Crippen LogP contribution is 2.44. The van der Waals surface area contributed by atoms with E-state index in [1.54, 1.807) is 0 Å². The molecular weight excluding hydrogens is 148 g/mol. The predicted octanol–water partition coefficient (Wildman–Crippen LogP) is 0.904. The van der Waals surface area contributed by atoms with Crippen molar-refractivity contribution >= 4 is 0 Å². The summed E-state index contributed by atoms with van der Waals surface area (Å²) in [6, 6.07) is 0. The highest BCUT2D eigenvalue weighted by atomic mass is 15.1. The van der Waals surface area contributed by atoms with Gasteiger partial charge in [0.2, 0.25) is 0 Å². The molecule has 1 atom stereocenters. The van der Waals surface area contributed by atoms with E-state index in [9.17, 15) is 0 Å². The largest absolute Gasteiger partial charge is 0.316 e. The van der Waals surface area contributed by atoms with E-state index in [-0.39, 0.29) is 0 Å². The summed E-state index contributed by atoms with van der Waals surface area (Å²) in [6.07, 6.45) is 6.05. The van der Waals surface area contributed by atoms with Crippen LogP contribution in [0.1, 0.15) is 19.3 Å². The fourth-order valence-electron chi connectivity index (χ4n) is 2.27. The van der Waals surface area contributed by atoms with E-state index < -0.39 is 0 Å². The van der Waals surface area contributed by atoms with Crippen molar-refractivity contribution in [3.63, 3.8) is 0 Å². The Morgan fingerprint density at radius 2 is 2.42 bits per heavy atom. The molecule has 1 aliphatic carbocycles. The molecule has 1 saturated carbocycles. The lowest BCUT2D eigenvalue weighted by Gasteiger charge is -2.22. The Morgan fingerprint density at radius 1 is 1.58 bits per heavy atom. The lowest BCUT2D eigenvalue weighted by molar-refractivity contribution is 0.367. The predicted molar refractivity (Wildman–Crippen MR) is 51.1 cm³/mol. The molecule has 0 aromatic heterocycles. The molecule has 68 valence electrons. The van der Waals surface area contributed by atoms with Crippen LogP contribution in [0.15, 0.2) is 12.7 Å². The van der Waals surface area contributed by atoms with Gasteiger partial charge in [0.15, 0.2) is 0 Å². The third kappa shape index (κ3) is 1.41. The van der Waals surface area contributed by atoms with Gasteiger partial charge in [0.1, 0.15) is 0 Å². The third-order valence-corrected chi connectivity index (χ3v) is 3.23. The third-order valence-electron chi connectivity index (χ3n) is 3.23. The zero-order chi connectivity index (χ0) is 8.44. The first-order valence-electron chi connectivity index (χ1n) is 4.94. The van der Waals surface area contributed by atoms with Gasteiger partial charge in [-0.25, -0.2) is 0 Å². The van der Waals surface area contributed by atoms with Gasteiger partial charge in [0.05, 0.1) is 0 Å². The van der Waals surface area contributed by atoms with Gasteiger partial charge in [-0.05, 0) is 38.3 Å². The van der Waals surface area contributed by atoms with Crippen LogP contribution in [-0.4, -0.2) is 25.2 Å². The van der Waals surface area contributed by atoms with Crippen LogP contribution < -0.4 is 10.6 Å². The summed E-state index contributed by atoms with van der Waals surface area (Å²) in [6.45, 7) is 7.13. The van der Waals surface area contributed by atoms with Gasteiger partial charge in [-0.3, -0.25) is 0 Å². The summed E-state index contributed by atoms with van der Waals surface area (Å²) in [4.78, 5) is 0. The molecule has 0 radical (unpaired) electrons. The molecule has 0 unspecified atom stereocenters. The molecule has 0 bridgehead atoms. The summed E-state index contributed by atoms with van der Waals surface area (Å²) in [5.74, 6) is 0.873. The normalized spacial score (nSPS) is 31.8. The van der Waals surface area contributed by atoms with E-state index in [4.69, 9.17) is 0 Å². The van der Waals surface area contributed by atoms with Crippen molar-refractivity contribution in [3.8, 4) is 0 Å². The Labute approximate surface area is 74.4 Å². The minimum atomic E-state index is 0.498. The van der Waals surface area contributed by atoms with Crippen LogP contribution in [0, 0.1) is 5.92 Å². The molecule has 1 aliphatic heterocycles. The lowest BCUT2D eigenvalue weighted by atomic mass is 9.96. The van der Waals surface area contributed by atoms with Crippen molar-refractivity contribution in [2.75, 3.05) is 19.6 Å². The molecule has 12 heavy (non-hydrogen) atoms. The van der Waals surface area contributed by atoms with Gasteiger partial charge in [0, 0.05) is 12.1 Å². The minimum absolute atomic E-state index is 0.498. The molecule has 0 spiro atoms. The summed E-state index contributed by atoms with van der Waals surface area (Å²) < 4.78 is 0. The molecule has 1 saturated heterocycles. The number of hydrogen-bond acceptors (Lipinski definition) is 2. The molecule has 0 aromatic rings. The molecule has 2 aliphatic rings. The number of hydrogen-bond donors (Lipinski definition) is 2.